The number of likely N-dealkylation sites (N-methyl/N-ethyl adjacent to an activating group) is 1. The number of rotatable bonds is 5. The molecule has 1 aromatic rings. The van der Waals surface area contributed by atoms with Gasteiger partial charge in [-0.15, -0.1) is 6.58 Å². The van der Waals surface area contributed by atoms with Gasteiger partial charge in [0.2, 0.25) is 5.91 Å². The molecule has 1 unspecified atom stereocenters. The van der Waals surface area contributed by atoms with E-state index in [2.05, 4.69) is 11.9 Å². The highest BCUT2D eigenvalue weighted by atomic mass is 16.5. The first-order valence-electron chi connectivity index (χ1n) is 6.96. The Labute approximate surface area is 124 Å². The second-order valence-electron chi connectivity index (χ2n) is 5.00. The molecule has 5 heteroatoms. The van der Waals surface area contributed by atoms with E-state index in [0.29, 0.717) is 24.2 Å². The summed E-state index contributed by atoms with van der Waals surface area (Å²) in [5.74, 6) is 0.251. The number of aryl methyl sites for hydroxylation is 1. The lowest BCUT2D eigenvalue weighted by molar-refractivity contribution is -0.126. The number of para-hydroxylation sites is 1. The molecule has 0 saturated carbocycles. The minimum atomic E-state index is -0.547. The minimum absolute atomic E-state index is 0.0892. The van der Waals surface area contributed by atoms with Gasteiger partial charge in [0.25, 0.3) is 5.91 Å². The molecule has 1 N–H and O–H groups in total. The number of nitrogens with zero attached hydrogens (tertiary/aromatic N) is 1. The van der Waals surface area contributed by atoms with E-state index in [9.17, 15) is 9.59 Å². The average Bonchev–Trinajstić information content (AvgIpc) is 2.50. The van der Waals surface area contributed by atoms with Crippen molar-refractivity contribution in [1.29, 1.82) is 0 Å². The molecular weight excluding hydrogens is 268 g/mol. The van der Waals surface area contributed by atoms with Crippen LogP contribution >= 0.6 is 0 Å². The summed E-state index contributed by atoms with van der Waals surface area (Å²) in [4.78, 5) is 26.2. The lowest BCUT2D eigenvalue weighted by Gasteiger charge is -2.34. The number of hydrogen-bond acceptors (Lipinski definition) is 3. The largest absolute Gasteiger partial charge is 0.472 e. The third-order valence-corrected chi connectivity index (χ3v) is 3.62. The average molecular weight is 288 g/mol. The number of carbonyl (C=O) groups is 2. The zero-order chi connectivity index (χ0) is 15.4. The molecule has 5 nitrogen and oxygen atoms in total. The Hall–Kier alpha value is -2.30. The highest BCUT2D eigenvalue weighted by Gasteiger charge is 2.34. The van der Waals surface area contributed by atoms with Gasteiger partial charge >= 0.3 is 0 Å². The maximum Gasteiger partial charge on any atom is 0.260 e. The zero-order valence-electron chi connectivity index (χ0n) is 12.4. The van der Waals surface area contributed by atoms with Crippen molar-refractivity contribution < 1.29 is 14.3 Å². The number of nitrogens with one attached hydrogen (secondary N) is 1. The summed E-state index contributed by atoms with van der Waals surface area (Å²) in [5.41, 5.74) is 1.43. The monoisotopic (exact) mass is 288 g/mol. The minimum Gasteiger partial charge on any atom is -0.472 e. The quantitative estimate of drug-likeness (QED) is 0.841. The van der Waals surface area contributed by atoms with E-state index < -0.39 is 6.04 Å². The molecule has 112 valence electrons. The summed E-state index contributed by atoms with van der Waals surface area (Å²) < 4.78 is 5.69. The number of allylic oxidation sites excluding steroid dienone is 1. The van der Waals surface area contributed by atoms with E-state index in [0.717, 1.165) is 5.56 Å². The van der Waals surface area contributed by atoms with Gasteiger partial charge < -0.3 is 10.1 Å². The van der Waals surface area contributed by atoms with E-state index in [-0.39, 0.29) is 18.5 Å². The van der Waals surface area contributed by atoms with Crippen LogP contribution in [-0.4, -0.2) is 36.5 Å². The molecule has 0 saturated heterocycles. The first kappa shape index (κ1) is 15.1. The van der Waals surface area contributed by atoms with Crippen LogP contribution in [0.25, 0.3) is 0 Å². The third-order valence-electron chi connectivity index (χ3n) is 3.62. The fourth-order valence-corrected chi connectivity index (χ4v) is 2.46. The van der Waals surface area contributed by atoms with Gasteiger partial charge in [0.1, 0.15) is 11.8 Å². The molecule has 1 aromatic carbocycles. The number of hydrogen-bond donors (Lipinski definition) is 1. The third kappa shape index (κ3) is 2.91. The molecule has 1 atom stereocenters. The van der Waals surface area contributed by atoms with Crippen LogP contribution < -0.4 is 10.1 Å². The van der Waals surface area contributed by atoms with Crippen LogP contribution in [0.5, 0.6) is 5.75 Å². The van der Waals surface area contributed by atoms with Gasteiger partial charge in [0.05, 0.1) is 5.56 Å². The molecule has 0 aliphatic carbocycles. The Morgan fingerprint density at radius 2 is 2.33 bits per heavy atom. The summed E-state index contributed by atoms with van der Waals surface area (Å²) in [6.45, 7) is 5.65. The number of ether oxygens (including phenoxy) is 1. The molecule has 2 amide bonds. The van der Waals surface area contributed by atoms with Crippen LogP contribution in [0.2, 0.25) is 0 Å². The van der Waals surface area contributed by atoms with E-state index >= 15 is 0 Å². The molecule has 1 aliphatic heterocycles. The Morgan fingerprint density at radius 3 is 3.00 bits per heavy atom. The van der Waals surface area contributed by atoms with E-state index in [1.807, 2.05) is 19.1 Å². The Kier molecular flexibility index (Phi) is 4.62. The second kappa shape index (κ2) is 6.43. The maximum absolute atomic E-state index is 12.6. The van der Waals surface area contributed by atoms with E-state index in [1.54, 1.807) is 19.2 Å². The van der Waals surface area contributed by atoms with Gasteiger partial charge in [-0.05, 0) is 31.4 Å². The van der Waals surface area contributed by atoms with Gasteiger partial charge in [-0.25, -0.2) is 0 Å². The Morgan fingerprint density at radius 1 is 1.57 bits per heavy atom. The highest BCUT2D eigenvalue weighted by Crippen LogP contribution is 2.29. The summed E-state index contributed by atoms with van der Waals surface area (Å²) in [5, 5.41) is 2.60. The molecule has 1 heterocycles. The van der Waals surface area contributed by atoms with Crippen LogP contribution in [-0.2, 0) is 4.79 Å². The SMILES string of the molecule is C=CCCC(C(=O)NC)N1COc2c(C)cccc2C1=O. The Balaban J connectivity index is 2.29. The molecule has 1 aliphatic rings. The van der Waals surface area contributed by atoms with Crippen molar-refractivity contribution in [3.8, 4) is 5.75 Å². The van der Waals surface area contributed by atoms with Gasteiger partial charge in [0.15, 0.2) is 6.73 Å². The molecular formula is C16H20N2O3. The molecule has 0 radical (unpaired) electrons. The number of carbonyl (C=O) groups excluding carboxylic acids is 2. The number of amides is 2. The predicted molar refractivity (Wildman–Crippen MR) is 80.1 cm³/mol. The summed E-state index contributed by atoms with van der Waals surface area (Å²) in [7, 11) is 1.57. The molecule has 0 fully saturated rings. The number of fused-ring (bicyclic) bond motifs is 1. The maximum atomic E-state index is 12.6. The topological polar surface area (TPSA) is 58.6 Å². The molecule has 0 aromatic heterocycles. The zero-order valence-corrected chi connectivity index (χ0v) is 12.4. The molecule has 2 rings (SSSR count). The van der Waals surface area contributed by atoms with E-state index in [4.69, 9.17) is 4.74 Å². The standard InChI is InChI=1S/C16H20N2O3/c1-4-5-9-13(15(19)17-3)18-10-21-14-11(2)7-6-8-12(14)16(18)20/h4,6-8,13H,1,5,9-10H2,2-3H3,(H,17,19). The van der Waals surface area contributed by atoms with Crippen molar-refractivity contribution in [3.63, 3.8) is 0 Å². The van der Waals surface area contributed by atoms with E-state index in [1.165, 1.54) is 4.90 Å². The van der Waals surface area contributed by atoms with Crippen molar-refractivity contribution in [2.45, 2.75) is 25.8 Å². The van der Waals surface area contributed by atoms with Gasteiger partial charge in [-0.3, -0.25) is 14.5 Å². The first-order valence-corrected chi connectivity index (χ1v) is 6.96. The fraction of sp³-hybridized carbons (Fsp3) is 0.375. The van der Waals surface area contributed by atoms with Gasteiger partial charge in [0, 0.05) is 7.05 Å². The highest BCUT2D eigenvalue weighted by molar-refractivity contribution is 6.00. The van der Waals surface area contributed by atoms with Crippen LogP contribution in [0.3, 0.4) is 0 Å². The van der Waals surface area contributed by atoms with Crippen molar-refractivity contribution >= 4 is 11.8 Å². The summed E-state index contributed by atoms with van der Waals surface area (Å²) >= 11 is 0. The predicted octanol–water partition coefficient (Wildman–Crippen LogP) is 1.87. The summed E-state index contributed by atoms with van der Waals surface area (Å²) in [6.07, 6.45) is 2.92. The van der Waals surface area contributed by atoms with Crippen LogP contribution in [0.15, 0.2) is 30.9 Å². The van der Waals surface area contributed by atoms with Crippen LogP contribution in [0, 0.1) is 6.92 Å². The first-order chi connectivity index (χ1) is 10.1. The van der Waals surface area contributed by atoms with Crippen molar-refractivity contribution in [2.24, 2.45) is 0 Å². The smallest absolute Gasteiger partial charge is 0.260 e. The Bertz CT molecular complexity index is 569. The van der Waals surface area contributed by atoms with Crippen molar-refractivity contribution in [3.05, 3.63) is 42.0 Å². The lowest BCUT2D eigenvalue weighted by atomic mass is 10.0. The molecule has 21 heavy (non-hydrogen) atoms. The van der Waals surface area contributed by atoms with Crippen molar-refractivity contribution in [2.75, 3.05) is 13.8 Å². The second-order valence-corrected chi connectivity index (χ2v) is 5.00. The fourth-order valence-electron chi connectivity index (χ4n) is 2.46. The molecule has 0 bridgehead atoms. The van der Waals surface area contributed by atoms with Crippen molar-refractivity contribution in [1.82, 2.24) is 10.2 Å². The van der Waals surface area contributed by atoms with Crippen LogP contribution in [0.1, 0.15) is 28.8 Å². The lowest BCUT2D eigenvalue weighted by Crippen LogP contribution is -2.52. The normalized spacial score (nSPS) is 15.0. The number of benzene rings is 1. The molecule has 0 spiro atoms. The van der Waals surface area contributed by atoms with Crippen LogP contribution in [0.4, 0.5) is 0 Å². The van der Waals surface area contributed by atoms with Gasteiger partial charge in [-0.2, -0.15) is 0 Å². The summed E-state index contributed by atoms with van der Waals surface area (Å²) in [6, 6.07) is 4.90. The van der Waals surface area contributed by atoms with Gasteiger partial charge in [-0.1, -0.05) is 18.2 Å².